The number of carbonyl (C=O) groups excluding carboxylic acids is 2. The summed E-state index contributed by atoms with van der Waals surface area (Å²) in [6, 6.07) is -0.182. The van der Waals surface area contributed by atoms with E-state index < -0.39 is 0 Å². The molecule has 0 radical (unpaired) electrons. The number of likely N-dealkylation sites (N-methyl/N-ethyl adjacent to an activating group) is 3. The minimum absolute atomic E-state index is 0.00152. The molecule has 0 saturated carbocycles. The first kappa shape index (κ1) is 26.7. The van der Waals surface area contributed by atoms with E-state index in [4.69, 9.17) is 0 Å². The lowest BCUT2D eigenvalue weighted by molar-refractivity contribution is -0.123. The van der Waals surface area contributed by atoms with Crippen LogP contribution in [0.15, 0.2) is 0 Å². The Hall–Kier alpha value is -1.26. The molecule has 0 aliphatic rings. The van der Waals surface area contributed by atoms with Crippen LogP contribution in [0.2, 0.25) is 0 Å². The molecule has 0 aromatic rings. The molecular formula is C19H43N7O2. The van der Waals surface area contributed by atoms with Crippen molar-refractivity contribution in [3.05, 3.63) is 0 Å². The van der Waals surface area contributed by atoms with Gasteiger partial charge in [0.2, 0.25) is 11.8 Å². The van der Waals surface area contributed by atoms with Crippen LogP contribution >= 0.6 is 0 Å². The summed E-state index contributed by atoms with van der Waals surface area (Å²) in [6.45, 7) is 2.93. The van der Waals surface area contributed by atoms with Crippen molar-refractivity contribution < 1.29 is 9.59 Å². The molecule has 0 saturated heterocycles. The number of amides is 2. The standard InChI is InChI=1S/C19H43N7O2/c1-20-11-6-8-15(22-3)14-26-19(28)16(23-4)9-7-12-25-18(27)17(24-5)10-13-21-2/h15-17,20-24H,6-14H2,1-5H3,(H,25,27)(H,26,28)/t15-,16-,17-/m0/s1. The van der Waals surface area contributed by atoms with Crippen LogP contribution in [-0.2, 0) is 9.59 Å². The summed E-state index contributed by atoms with van der Waals surface area (Å²) in [4.78, 5) is 24.5. The largest absolute Gasteiger partial charge is 0.355 e. The van der Waals surface area contributed by atoms with Crippen LogP contribution < -0.4 is 37.2 Å². The Balaban J connectivity index is 4.14. The summed E-state index contributed by atoms with van der Waals surface area (Å²) in [5.41, 5.74) is 0. The lowest BCUT2D eigenvalue weighted by atomic mass is 10.1. The van der Waals surface area contributed by atoms with E-state index in [0.29, 0.717) is 19.5 Å². The van der Waals surface area contributed by atoms with E-state index in [0.717, 1.165) is 38.8 Å². The number of hydrogen-bond donors (Lipinski definition) is 7. The molecule has 28 heavy (non-hydrogen) atoms. The first-order valence-corrected chi connectivity index (χ1v) is 10.4. The van der Waals surface area contributed by atoms with Gasteiger partial charge in [0.1, 0.15) is 0 Å². The zero-order valence-corrected chi connectivity index (χ0v) is 18.4. The van der Waals surface area contributed by atoms with E-state index in [2.05, 4.69) is 37.2 Å². The monoisotopic (exact) mass is 401 g/mol. The van der Waals surface area contributed by atoms with Crippen LogP contribution in [0.5, 0.6) is 0 Å². The fourth-order valence-corrected chi connectivity index (χ4v) is 2.96. The molecule has 9 heteroatoms. The lowest BCUT2D eigenvalue weighted by Crippen LogP contribution is -2.47. The molecule has 9 nitrogen and oxygen atoms in total. The van der Waals surface area contributed by atoms with Gasteiger partial charge in [0, 0.05) is 19.1 Å². The second kappa shape index (κ2) is 17.8. The Morgan fingerprint density at radius 2 is 1.21 bits per heavy atom. The molecule has 0 aromatic heterocycles. The molecule has 0 aliphatic carbocycles. The molecule has 3 atom stereocenters. The quantitative estimate of drug-likeness (QED) is 0.138. The molecule has 0 spiro atoms. The number of rotatable bonds is 18. The van der Waals surface area contributed by atoms with Crippen molar-refractivity contribution in [2.45, 2.75) is 50.2 Å². The van der Waals surface area contributed by atoms with Gasteiger partial charge in [0.05, 0.1) is 12.1 Å². The highest BCUT2D eigenvalue weighted by Crippen LogP contribution is 1.99. The summed E-state index contributed by atoms with van der Waals surface area (Å²) >= 11 is 0. The molecule has 2 amide bonds. The third kappa shape index (κ3) is 12.2. The maximum atomic E-state index is 12.4. The van der Waals surface area contributed by atoms with E-state index in [-0.39, 0.29) is 29.9 Å². The Bertz CT molecular complexity index is 410. The average molecular weight is 402 g/mol. The maximum absolute atomic E-state index is 12.4. The maximum Gasteiger partial charge on any atom is 0.237 e. The molecule has 0 bridgehead atoms. The summed E-state index contributed by atoms with van der Waals surface area (Å²) < 4.78 is 0. The zero-order chi connectivity index (χ0) is 21.2. The number of hydrogen-bond acceptors (Lipinski definition) is 7. The van der Waals surface area contributed by atoms with Gasteiger partial charge in [-0.2, -0.15) is 0 Å². The summed E-state index contributed by atoms with van der Waals surface area (Å²) in [5, 5.41) is 21.5. The Kier molecular flexibility index (Phi) is 17.0. The third-order valence-corrected chi connectivity index (χ3v) is 4.89. The van der Waals surface area contributed by atoms with Gasteiger partial charge >= 0.3 is 0 Å². The van der Waals surface area contributed by atoms with Gasteiger partial charge in [-0.1, -0.05) is 0 Å². The molecule has 0 aromatic carbocycles. The van der Waals surface area contributed by atoms with Crippen LogP contribution in [0.3, 0.4) is 0 Å². The van der Waals surface area contributed by atoms with Crippen molar-refractivity contribution in [2.24, 2.45) is 0 Å². The second-order valence-corrected chi connectivity index (χ2v) is 6.98. The highest BCUT2D eigenvalue weighted by Gasteiger charge is 2.18. The fraction of sp³-hybridized carbons (Fsp3) is 0.895. The highest BCUT2D eigenvalue weighted by atomic mass is 16.2. The van der Waals surface area contributed by atoms with E-state index in [1.165, 1.54) is 0 Å². The molecule has 0 heterocycles. The molecule has 0 unspecified atom stereocenters. The molecule has 0 aliphatic heterocycles. The van der Waals surface area contributed by atoms with Crippen LogP contribution in [0.1, 0.15) is 32.1 Å². The van der Waals surface area contributed by atoms with Gasteiger partial charge in [-0.15, -0.1) is 0 Å². The molecule has 0 rings (SSSR count). The van der Waals surface area contributed by atoms with Gasteiger partial charge in [-0.05, 0) is 80.4 Å². The van der Waals surface area contributed by atoms with Crippen LogP contribution in [0.25, 0.3) is 0 Å². The summed E-state index contributed by atoms with van der Waals surface area (Å²) in [5.74, 6) is 0.00598. The number of nitrogens with one attached hydrogen (secondary N) is 7. The van der Waals surface area contributed by atoms with E-state index in [1.807, 2.05) is 21.1 Å². The Morgan fingerprint density at radius 3 is 1.79 bits per heavy atom. The van der Waals surface area contributed by atoms with Gasteiger partial charge in [0.25, 0.3) is 0 Å². The Labute approximate surface area is 170 Å². The minimum atomic E-state index is -0.254. The summed E-state index contributed by atoms with van der Waals surface area (Å²) in [7, 11) is 9.31. The predicted molar refractivity (Wildman–Crippen MR) is 116 cm³/mol. The first-order chi connectivity index (χ1) is 13.5. The third-order valence-electron chi connectivity index (χ3n) is 4.89. The molecule has 166 valence electrons. The minimum Gasteiger partial charge on any atom is -0.355 e. The molecular weight excluding hydrogens is 358 g/mol. The van der Waals surface area contributed by atoms with Crippen LogP contribution in [-0.4, -0.2) is 91.4 Å². The highest BCUT2D eigenvalue weighted by molar-refractivity contribution is 5.82. The van der Waals surface area contributed by atoms with E-state index >= 15 is 0 Å². The van der Waals surface area contributed by atoms with E-state index in [9.17, 15) is 9.59 Å². The topological polar surface area (TPSA) is 118 Å². The second-order valence-electron chi connectivity index (χ2n) is 6.98. The lowest BCUT2D eigenvalue weighted by Gasteiger charge is -2.21. The molecule has 7 N–H and O–H groups in total. The average Bonchev–Trinajstić information content (AvgIpc) is 2.70. The first-order valence-electron chi connectivity index (χ1n) is 10.4. The van der Waals surface area contributed by atoms with E-state index in [1.54, 1.807) is 14.1 Å². The van der Waals surface area contributed by atoms with Crippen molar-refractivity contribution in [2.75, 3.05) is 61.4 Å². The van der Waals surface area contributed by atoms with Crippen molar-refractivity contribution >= 4 is 11.8 Å². The number of carbonyl (C=O) groups is 2. The van der Waals surface area contributed by atoms with Crippen molar-refractivity contribution in [1.82, 2.24) is 37.2 Å². The van der Waals surface area contributed by atoms with Gasteiger partial charge in [0.15, 0.2) is 0 Å². The zero-order valence-electron chi connectivity index (χ0n) is 18.4. The molecule has 0 fully saturated rings. The Morgan fingerprint density at radius 1 is 0.643 bits per heavy atom. The fourth-order valence-electron chi connectivity index (χ4n) is 2.96. The smallest absolute Gasteiger partial charge is 0.237 e. The van der Waals surface area contributed by atoms with Crippen LogP contribution in [0, 0.1) is 0 Å². The van der Waals surface area contributed by atoms with Crippen molar-refractivity contribution in [1.29, 1.82) is 0 Å². The predicted octanol–water partition coefficient (Wildman–Crippen LogP) is -1.63. The normalized spacial score (nSPS) is 14.3. The van der Waals surface area contributed by atoms with Gasteiger partial charge in [-0.25, -0.2) is 0 Å². The van der Waals surface area contributed by atoms with Crippen molar-refractivity contribution in [3.63, 3.8) is 0 Å². The van der Waals surface area contributed by atoms with Crippen molar-refractivity contribution in [3.8, 4) is 0 Å². The van der Waals surface area contributed by atoms with Crippen LogP contribution in [0.4, 0.5) is 0 Å². The SMILES string of the molecule is CNCCC[C@@H](CNC(=O)[C@H](CCCNC(=O)[C@H](CCNC)NC)NC)NC. The summed E-state index contributed by atoms with van der Waals surface area (Å²) in [6.07, 6.45) is 4.22. The van der Waals surface area contributed by atoms with Gasteiger partial charge < -0.3 is 37.2 Å². The van der Waals surface area contributed by atoms with Gasteiger partial charge in [-0.3, -0.25) is 9.59 Å².